The van der Waals surface area contributed by atoms with Gasteiger partial charge in [0, 0.05) is 6.54 Å². The maximum atomic E-state index is 10.9. The second-order valence-electron chi connectivity index (χ2n) is 4.15. The van der Waals surface area contributed by atoms with Crippen molar-refractivity contribution in [1.29, 1.82) is 0 Å². The molecule has 0 spiro atoms. The highest BCUT2D eigenvalue weighted by Crippen LogP contribution is 2.22. The molecule has 0 radical (unpaired) electrons. The molecule has 0 saturated carbocycles. The lowest BCUT2D eigenvalue weighted by molar-refractivity contribution is 0.0689. The average molecular weight is 328 g/mol. The fraction of sp³-hybridized carbons (Fsp3) is 0.455. The van der Waals surface area contributed by atoms with Gasteiger partial charge in [-0.05, 0) is 36.7 Å². The predicted octanol–water partition coefficient (Wildman–Crippen LogP) is 1.62. The molecular weight excluding hydrogens is 314 g/mol. The second kappa shape index (κ2) is 5.12. The van der Waals surface area contributed by atoms with Crippen LogP contribution in [0.1, 0.15) is 34.5 Å². The molecule has 2 aromatic rings. The van der Waals surface area contributed by atoms with Crippen LogP contribution in [0.4, 0.5) is 0 Å². The van der Waals surface area contributed by atoms with Crippen molar-refractivity contribution < 1.29 is 9.90 Å². The first kappa shape index (κ1) is 13.7. The third-order valence-corrected chi connectivity index (χ3v) is 3.97. The van der Waals surface area contributed by atoms with Crippen LogP contribution in [0.5, 0.6) is 0 Å². The Morgan fingerprint density at radius 2 is 2.05 bits per heavy atom. The molecule has 0 atom stereocenters. The predicted molar refractivity (Wildman–Crippen MR) is 71.2 cm³/mol. The van der Waals surface area contributed by atoms with E-state index in [0.29, 0.717) is 12.2 Å². The summed E-state index contributed by atoms with van der Waals surface area (Å²) in [7, 11) is 0. The molecule has 0 aliphatic carbocycles. The number of aromatic carboxylic acids is 1. The number of aromatic nitrogens is 5. The minimum atomic E-state index is -1.07. The van der Waals surface area contributed by atoms with Crippen LogP contribution in [-0.4, -0.2) is 35.9 Å². The Balaban J connectivity index is 2.39. The Morgan fingerprint density at radius 3 is 2.58 bits per heavy atom. The highest BCUT2D eigenvalue weighted by atomic mass is 79.9. The Morgan fingerprint density at radius 1 is 1.37 bits per heavy atom. The molecule has 0 bridgehead atoms. The molecule has 0 saturated heterocycles. The molecule has 2 aromatic heterocycles. The summed E-state index contributed by atoms with van der Waals surface area (Å²) < 4.78 is 4.35. The van der Waals surface area contributed by atoms with E-state index in [1.807, 2.05) is 18.5 Å². The number of hydrogen-bond acceptors (Lipinski definition) is 4. The van der Waals surface area contributed by atoms with Crippen molar-refractivity contribution in [2.75, 3.05) is 0 Å². The SMILES string of the molecule is CCn1nc(C)c(Br)c1Cn1nnc(C(=O)O)c1C. The summed E-state index contributed by atoms with van der Waals surface area (Å²) in [6, 6.07) is 0. The number of carbonyl (C=O) groups is 1. The molecule has 0 amide bonds. The van der Waals surface area contributed by atoms with E-state index >= 15 is 0 Å². The molecular formula is C11H14BrN5O2. The van der Waals surface area contributed by atoms with Crippen molar-refractivity contribution >= 4 is 21.9 Å². The monoisotopic (exact) mass is 327 g/mol. The highest BCUT2D eigenvalue weighted by Gasteiger charge is 2.18. The van der Waals surface area contributed by atoms with E-state index < -0.39 is 5.97 Å². The lowest BCUT2D eigenvalue weighted by atomic mass is 10.3. The van der Waals surface area contributed by atoms with Crippen LogP contribution in [0, 0.1) is 13.8 Å². The van der Waals surface area contributed by atoms with Gasteiger partial charge >= 0.3 is 5.97 Å². The molecule has 0 aliphatic rings. The van der Waals surface area contributed by atoms with E-state index in [1.165, 1.54) is 0 Å². The summed E-state index contributed by atoms with van der Waals surface area (Å²) in [6.45, 7) is 6.77. The average Bonchev–Trinajstić information content (AvgIpc) is 2.85. The molecule has 19 heavy (non-hydrogen) atoms. The van der Waals surface area contributed by atoms with Crippen molar-refractivity contribution in [2.24, 2.45) is 0 Å². The van der Waals surface area contributed by atoms with Crippen LogP contribution < -0.4 is 0 Å². The Bertz CT molecular complexity index is 631. The van der Waals surface area contributed by atoms with Gasteiger partial charge in [-0.3, -0.25) is 4.68 Å². The lowest BCUT2D eigenvalue weighted by Gasteiger charge is -2.06. The van der Waals surface area contributed by atoms with Crippen LogP contribution in [0.25, 0.3) is 0 Å². The summed E-state index contributed by atoms with van der Waals surface area (Å²) in [4.78, 5) is 10.9. The standard InChI is InChI=1S/C11H14BrN5O2/c1-4-16-8(9(12)6(2)14-16)5-17-7(3)10(11(18)19)13-15-17/h4-5H2,1-3H3,(H,18,19). The molecule has 2 heterocycles. The van der Waals surface area contributed by atoms with E-state index in [-0.39, 0.29) is 5.69 Å². The molecule has 2 rings (SSSR count). The topological polar surface area (TPSA) is 85.8 Å². The van der Waals surface area contributed by atoms with Gasteiger partial charge in [-0.15, -0.1) is 5.10 Å². The Kier molecular flexibility index (Phi) is 3.70. The zero-order valence-corrected chi connectivity index (χ0v) is 12.5. The third-order valence-electron chi connectivity index (χ3n) is 2.94. The first-order valence-electron chi connectivity index (χ1n) is 5.80. The van der Waals surface area contributed by atoms with E-state index in [2.05, 4.69) is 31.3 Å². The van der Waals surface area contributed by atoms with E-state index in [4.69, 9.17) is 5.11 Å². The fourth-order valence-electron chi connectivity index (χ4n) is 1.87. The summed E-state index contributed by atoms with van der Waals surface area (Å²) >= 11 is 3.50. The molecule has 0 fully saturated rings. The summed E-state index contributed by atoms with van der Waals surface area (Å²) in [5, 5.41) is 20.9. The van der Waals surface area contributed by atoms with Crippen LogP contribution in [0.3, 0.4) is 0 Å². The number of rotatable bonds is 4. The van der Waals surface area contributed by atoms with Gasteiger partial charge in [-0.25, -0.2) is 9.48 Å². The van der Waals surface area contributed by atoms with Gasteiger partial charge in [0.2, 0.25) is 0 Å². The maximum absolute atomic E-state index is 10.9. The number of nitrogens with zero attached hydrogens (tertiary/aromatic N) is 5. The summed E-state index contributed by atoms with van der Waals surface area (Å²) in [6.07, 6.45) is 0. The zero-order chi connectivity index (χ0) is 14.2. The zero-order valence-electron chi connectivity index (χ0n) is 10.9. The minimum Gasteiger partial charge on any atom is -0.476 e. The van der Waals surface area contributed by atoms with E-state index in [1.54, 1.807) is 11.6 Å². The van der Waals surface area contributed by atoms with Gasteiger partial charge in [0.1, 0.15) is 0 Å². The quantitative estimate of drug-likeness (QED) is 0.922. The van der Waals surface area contributed by atoms with Crippen LogP contribution >= 0.6 is 15.9 Å². The molecule has 102 valence electrons. The second-order valence-corrected chi connectivity index (χ2v) is 4.94. The van der Waals surface area contributed by atoms with Crippen LogP contribution in [0.15, 0.2) is 4.47 Å². The first-order chi connectivity index (χ1) is 8.95. The third kappa shape index (κ3) is 2.40. The van der Waals surface area contributed by atoms with Crippen molar-refractivity contribution in [3.63, 3.8) is 0 Å². The van der Waals surface area contributed by atoms with Gasteiger partial charge in [-0.2, -0.15) is 5.10 Å². The molecule has 1 N–H and O–H groups in total. The Labute approximate surface area is 118 Å². The molecule has 7 nitrogen and oxygen atoms in total. The fourth-order valence-corrected chi connectivity index (χ4v) is 2.28. The van der Waals surface area contributed by atoms with Crippen molar-refractivity contribution in [2.45, 2.75) is 33.9 Å². The van der Waals surface area contributed by atoms with Crippen molar-refractivity contribution in [3.05, 3.63) is 27.2 Å². The van der Waals surface area contributed by atoms with E-state index in [0.717, 1.165) is 22.4 Å². The lowest BCUT2D eigenvalue weighted by Crippen LogP contribution is -2.11. The smallest absolute Gasteiger partial charge is 0.358 e. The van der Waals surface area contributed by atoms with E-state index in [9.17, 15) is 4.79 Å². The van der Waals surface area contributed by atoms with Gasteiger partial charge in [0.05, 0.1) is 28.1 Å². The molecule has 8 heteroatoms. The Hall–Kier alpha value is -1.70. The minimum absolute atomic E-state index is 0.0181. The number of carboxylic acids is 1. The number of carboxylic acid groups (broad SMARTS) is 1. The van der Waals surface area contributed by atoms with Crippen LogP contribution in [0.2, 0.25) is 0 Å². The van der Waals surface area contributed by atoms with Gasteiger partial charge in [-0.1, -0.05) is 5.21 Å². The summed E-state index contributed by atoms with van der Waals surface area (Å²) in [5.41, 5.74) is 2.36. The maximum Gasteiger partial charge on any atom is 0.358 e. The summed E-state index contributed by atoms with van der Waals surface area (Å²) in [5.74, 6) is -1.07. The molecule has 0 aromatic carbocycles. The van der Waals surface area contributed by atoms with Gasteiger partial charge in [0.25, 0.3) is 0 Å². The van der Waals surface area contributed by atoms with Crippen molar-refractivity contribution in [1.82, 2.24) is 24.8 Å². The first-order valence-corrected chi connectivity index (χ1v) is 6.60. The number of aryl methyl sites for hydroxylation is 2. The van der Waals surface area contributed by atoms with Crippen molar-refractivity contribution in [3.8, 4) is 0 Å². The van der Waals surface area contributed by atoms with Gasteiger partial charge < -0.3 is 5.11 Å². The highest BCUT2D eigenvalue weighted by molar-refractivity contribution is 9.10. The normalized spacial score (nSPS) is 10.9. The van der Waals surface area contributed by atoms with Gasteiger partial charge in [0.15, 0.2) is 5.69 Å². The van der Waals surface area contributed by atoms with Crippen LogP contribution in [-0.2, 0) is 13.1 Å². The molecule has 0 unspecified atom stereocenters. The number of hydrogen-bond donors (Lipinski definition) is 1. The molecule has 0 aliphatic heterocycles. The number of halogens is 1. The largest absolute Gasteiger partial charge is 0.476 e.